The van der Waals surface area contributed by atoms with Crippen molar-refractivity contribution in [1.82, 2.24) is 21.3 Å². The molecule has 0 radical (unpaired) electrons. The molecule has 2 aromatic rings. The van der Waals surface area contributed by atoms with Crippen molar-refractivity contribution in [2.24, 2.45) is 0 Å². The van der Waals surface area contributed by atoms with E-state index in [1.807, 2.05) is 83.1 Å². The maximum atomic E-state index is 13.5. The fourth-order valence-electron chi connectivity index (χ4n) is 6.98. The number of aliphatic hydroxyl groups is 8. The number of nitrogens with zero attached hydrogens (tertiary/aromatic N) is 2. The number of carbonyl (C=O) groups excluding carboxylic acids is 6. The number of nitrogens with one attached hydrogen (secondary N) is 4. The Morgan fingerprint density at radius 3 is 0.857 bits per heavy atom. The van der Waals surface area contributed by atoms with Gasteiger partial charge < -0.3 is 71.9 Å². The minimum atomic E-state index is -1.82. The number of amides is 6. The van der Waals surface area contributed by atoms with Crippen LogP contribution in [-0.2, 0) is 9.59 Å². The lowest BCUT2D eigenvalue weighted by molar-refractivity contribution is -0.109. The molecular weight excluding hydrogens is 909 g/mol. The minimum Gasteiger partial charge on any atom is -0.395 e. The molecule has 2 aromatic carbocycles. The van der Waals surface area contributed by atoms with Crippen molar-refractivity contribution in [3.05, 3.63) is 55.6 Å². The third-order valence-corrected chi connectivity index (χ3v) is 9.72. The first-order chi connectivity index (χ1) is 33.5. The molecule has 2 unspecified atom stereocenters. The molecular formula is C50H92N6O14. The zero-order chi connectivity index (χ0) is 56.0. The Labute approximate surface area is 417 Å². The maximum Gasteiger partial charge on any atom is 0.252 e. The van der Waals surface area contributed by atoms with Crippen molar-refractivity contribution in [3.8, 4) is 0 Å². The minimum absolute atomic E-state index is 0.00795. The summed E-state index contributed by atoms with van der Waals surface area (Å²) < 4.78 is 0. The summed E-state index contributed by atoms with van der Waals surface area (Å²) in [6.07, 6.45) is -3.05. The predicted molar refractivity (Wildman–Crippen MR) is 278 cm³/mol. The van der Waals surface area contributed by atoms with Gasteiger partial charge in [-0.25, -0.2) is 0 Å². The van der Waals surface area contributed by atoms with Gasteiger partial charge in [-0.15, -0.1) is 0 Å². The van der Waals surface area contributed by atoms with Gasteiger partial charge in [-0.1, -0.05) is 83.1 Å². The zero-order valence-corrected chi connectivity index (χ0v) is 45.5. The normalized spacial score (nSPS) is 10.6. The van der Waals surface area contributed by atoms with E-state index in [0.717, 1.165) is 9.80 Å². The van der Waals surface area contributed by atoms with E-state index in [4.69, 9.17) is 0 Å². The van der Waals surface area contributed by atoms with Gasteiger partial charge in [0.2, 0.25) is 12.8 Å². The topological polar surface area (TPSA) is 319 Å². The Hall–Kier alpha value is -5.06. The van der Waals surface area contributed by atoms with Crippen molar-refractivity contribution in [2.45, 2.75) is 149 Å². The van der Waals surface area contributed by atoms with Crippen molar-refractivity contribution in [2.75, 3.05) is 75.6 Å². The van der Waals surface area contributed by atoms with Crippen LogP contribution in [0.25, 0.3) is 0 Å². The van der Waals surface area contributed by atoms with Crippen LogP contribution in [0.1, 0.15) is 158 Å². The molecule has 0 saturated heterocycles. The van der Waals surface area contributed by atoms with Crippen molar-refractivity contribution < 1.29 is 69.6 Å². The Bertz CT molecular complexity index is 1690. The van der Waals surface area contributed by atoms with Gasteiger partial charge in [0, 0.05) is 35.3 Å². The van der Waals surface area contributed by atoms with E-state index in [2.05, 4.69) is 21.3 Å². The molecule has 0 fully saturated rings. The number of aliphatic hydroxyl groups excluding tert-OH is 8. The fourth-order valence-corrected chi connectivity index (χ4v) is 6.98. The lowest BCUT2D eigenvalue weighted by Crippen LogP contribution is -2.46. The summed E-state index contributed by atoms with van der Waals surface area (Å²) in [5, 5.41) is 89.5. The molecule has 0 aliphatic heterocycles. The summed E-state index contributed by atoms with van der Waals surface area (Å²) in [5.41, 5.74) is 0.690. The maximum absolute atomic E-state index is 13.5. The average molecular weight is 1000 g/mol. The number of hydrogen-bond donors (Lipinski definition) is 12. The van der Waals surface area contributed by atoms with Crippen LogP contribution in [-0.4, -0.2) is 167 Å². The SMILES string of the molecule is CC.CC.CC.CC.CC.CC.Cc1c(C(=O)NCCO)c(C)c(N(C=O)CC(O)C(O)CN(C=O)c2c(C)c(C(=O)NCCO)c(C)c(C(=O)NC(CO)CO)c2C)c(C)c1C(=O)NC(CO)CO. The standard InChI is InChI=1S/C38H56N6O14.6C2H6/c1-19-29(35(55)39-7-9-45)21(3)33(23(5)31(19)37(57)41-25(13-47)14-48)43(17-51)11-27(53)28(54)12-44(18-52)34-22(4)30(36(56)40-8-10-46)20(2)32(24(34)6)38(58)42-26(15-49)16-50;6*1-2/h17-18,25-28,45-50,53-54H,7-16H2,1-6H3,(H,39,55)(H,40,56)(H,41,57)(H,42,58);6*1-2H3. The highest BCUT2D eigenvalue weighted by molar-refractivity contribution is 6.08. The van der Waals surface area contributed by atoms with E-state index >= 15 is 0 Å². The second-order valence-corrected chi connectivity index (χ2v) is 13.6. The van der Waals surface area contributed by atoms with E-state index in [9.17, 15) is 69.6 Å². The molecule has 0 aromatic heterocycles. The van der Waals surface area contributed by atoms with Gasteiger partial charge in [0.25, 0.3) is 23.6 Å². The van der Waals surface area contributed by atoms with Crippen LogP contribution in [0.4, 0.5) is 11.4 Å². The molecule has 0 heterocycles. The summed E-state index contributed by atoms with van der Waals surface area (Å²) >= 11 is 0. The molecule has 2 rings (SSSR count). The van der Waals surface area contributed by atoms with Crippen LogP contribution >= 0.6 is 0 Å². The molecule has 0 aliphatic carbocycles. The van der Waals surface area contributed by atoms with Crippen molar-refractivity contribution >= 4 is 47.8 Å². The van der Waals surface area contributed by atoms with Crippen LogP contribution < -0.4 is 31.1 Å². The summed E-state index contributed by atoms with van der Waals surface area (Å²) in [4.78, 5) is 81.1. The van der Waals surface area contributed by atoms with Gasteiger partial charge in [0.1, 0.15) is 0 Å². The summed E-state index contributed by atoms with van der Waals surface area (Å²) in [6, 6.07) is -2.14. The van der Waals surface area contributed by atoms with Crippen LogP contribution in [0, 0.1) is 41.5 Å². The number of rotatable bonds is 23. The molecule has 6 amide bonds. The van der Waals surface area contributed by atoms with Gasteiger partial charge in [-0.3, -0.25) is 28.8 Å². The van der Waals surface area contributed by atoms with E-state index < -0.39 is 101 Å². The zero-order valence-electron chi connectivity index (χ0n) is 45.5. The average Bonchev–Trinajstić information content (AvgIpc) is 3.38. The molecule has 20 nitrogen and oxygen atoms in total. The molecule has 0 aliphatic rings. The fraction of sp³-hybridized carbons (Fsp3) is 0.640. The van der Waals surface area contributed by atoms with Crippen LogP contribution in [0.15, 0.2) is 0 Å². The lowest BCUT2D eigenvalue weighted by Gasteiger charge is -2.32. The third kappa shape index (κ3) is 21.1. The summed E-state index contributed by atoms with van der Waals surface area (Å²) in [7, 11) is 0. The second-order valence-electron chi connectivity index (χ2n) is 13.6. The monoisotopic (exact) mass is 1000 g/mol. The highest BCUT2D eigenvalue weighted by Gasteiger charge is 2.33. The van der Waals surface area contributed by atoms with Gasteiger partial charge in [0.05, 0.1) is 88.4 Å². The van der Waals surface area contributed by atoms with Crippen LogP contribution in [0.3, 0.4) is 0 Å². The second kappa shape index (κ2) is 42.8. The number of carbonyl (C=O) groups is 6. The molecule has 406 valence electrons. The van der Waals surface area contributed by atoms with Gasteiger partial charge >= 0.3 is 0 Å². The third-order valence-electron chi connectivity index (χ3n) is 9.72. The van der Waals surface area contributed by atoms with Gasteiger partial charge in [-0.05, 0) is 74.9 Å². The number of anilines is 2. The molecule has 0 bridgehead atoms. The Balaban J connectivity index is -0.00000108. The van der Waals surface area contributed by atoms with Crippen LogP contribution in [0.2, 0.25) is 0 Å². The lowest BCUT2D eigenvalue weighted by atomic mass is 9.89. The molecule has 70 heavy (non-hydrogen) atoms. The first-order valence-corrected chi connectivity index (χ1v) is 24.4. The molecule has 2 atom stereocenters. The van der Waals surface area contributed by atoms with E-state index in [1.54, 1.807) is 0 Å². The largest absolute Gasteiger partial charge is 0.395 e. The quantitative estimate of drug-likeness (QED) is 0.0713. The first kappa shape index (κ1) is 73.9. The summed E-state index contributed by atoms with van der Waals surface area (Å²) in [6.45, 7) is 27.9. The van der Waals surface area contributed by atoms with Gasteiger partial charge in [0.15, 0.2) is 0 Å². The Kier molecular flexibility index (Phi) is 45.2. The Morgan fingerprint density at radius 2 is 0.657 bits per heavy atom. The summed E-state index contributed by atoms with van der Waals surface area (Å²) in [5.74, 6) is -3.04. The van der Waals surface area contributed by atoms with E-state index in [-0.39, 0.29) is 80.1 Å². The first-order valence-electron chi connectivity index (χ1n) is 24.4. The molecule has 20 heteroatoms. The van der Waals surface area contributed by atoms with E-state index in [0.29, 0.717) is 12.8 Å². The predicted octanol–water partition coefficient (Wildman–Crippen LogP) is 2.65. The smallest absolute Gasteiger partial charge is 0.252 e. The van der Waals surface area contributed by atoms with Crippen LogP contribution in [0.5, 0.6) is 0 Å². The molecule has 12 N–H and O–H groups in total. The van der Waals surface area contributed by atoms with Crippen molar-refractivity contribution in [1.29, 1.82) is 0 Å². The highest BCUT2D eigenvalue weighted by atomic mass is 16.3. The van der Waals surface area contributed by atoms with Gasteiger partial charge in [-0.2, -0.15) is 0 Å². The molecule has 0 saturated carbocycles. The highest BCUT2D eigenvalue weighted by Crippen LogP contribution is 2.36. The molecule has 0 spiro atoms. The number of benzene rings is 2. The Morgan fingerprint density at radius 1 is 0.429 bits per heavy atom. The van der Waals surface area contributed by atoms with E-state index in [1.165, 1.54) is 41.5 Å². The number of hydrogen-bond acceptors (Lipinski definition) is 14. The van der Waals surface area contributed by atoms with Crippen molar-refractivity contribution in [3.63, 3.8) is 0 Å².